The number of benzene rings is 1. The van der Waals surface area contributed by atoms with Gasteiger partial charge in [0, 0.05) is 0 Å². The van der Waals surface area contributed by atoms with E-state index in [1.807, 2.05) is 26.0 Å². The summed E-state index contributed by atoms with van der Waals surface area (Å²) in [5, 5.41) is 10.9. The van der Waals surface area contributed by atoms with Gasteiger partial charge in [0.15, 0.2) is 0 Å². The first-order chi connectivity index (χ1) is 7.20. The van der Waals surface area contributed by atoms with E-state index in [1.165, 1.54) is 0 Å². The highest BCUT2D eigenvalue weighted by Gasteiger charge is 2.13. The number of aromatic nitrogens is 3. The highest BCUT2D eigenvalue weighted by Crippen LogP contribution is 2.28. The van der Waals surface area contributed by atoms with Crippen LogP contribution in [0.1, 0.15) is 22.3 Å². The Hall–Kier alpha value is -1.90. The van der Waals surface area contributed by atoms with Crippen LogP contribution in [0.4, 0.5) is 0 Å². The molecule has 0 aliphatic heterocycles. The molecule has 1 aromatic carbocycles. The molecule has 1 N–H and O–H groups in total. The van der Waals surface area contributed by atoms with E-state index in [4.69, 9.17) is 0 Å². The lowest BCUT2D eigenvalue weighted by molar-refractivity contribution is 0.957. The highest BCUT2D eigenvalue weighted by atomic mass is 15.3. The molecule has 0 aliphatic carbocycles. The van der Waals surface area contributed by atoms with Crippen molar-refractivity contribution < 1.29 is 0 Å². The van der Waals surface area contributed by atoms with Crippen molar-refractivity contribution in [3.05, 3.63) is 35.4 Å². The lowest BCUT2D eigenvalue weighted by Crippen LogP contribution is -1.93. The van der Waals surface area contributed by atoms with Gasteiger partial charge in [-0.15, -0.1) is 0 Å². The normalized spacial score (nSPS) is 10.5. The third-order valence-electron chi connectivity index (χ3n) is 2.76. The van der Waals surface area contributed by atoms with Crippen LogP contribution in [0.25, 0.3) is 23.2 Å². The smallest absolute Gasteiger partial charge is 0.116 e. The molecule has 0 amide bonds. The maximum atomic E-state index is 4.14. The summed E-state index contributed by atoms with van der Waals surface area (Å²) in [5.74, 6) is 0. The Bertz CT molecular complexity index is 501. The zero-order valence-electron chi connectivity index (χ0n) is 8.96. The fourth-order valence-electron chi connectivity index (χ4n) is 1.94. The Labute approximate surface area is 88.5 Å². The first-order valence-corrected chi connectivity index (χ1v) is 4.79. The summed E-state index contributed by atoms with van der Waals surface area (Å²) in [6.07, 6.45) is 3.68. The van der Waals surface area contributed by atoms with Crippen LogP contribution in [0.15, 0.2) is 13.2 Å². The monoisotopic (exact) mass is 199 g/mol. The Balaban J connectivity index is 3.02. The SMILES string of the molecule is C=Cc1c(C=C)c(C)c2n[nH]nc2c1C. The van der Waals surface area contributed by atoms with E-state index in [2.05, 4.69) is 28.6 Å². The lowest BCUT2D eigenvalue weighted by Gasteiger charge is -2.09. The van der Waals surface area contributed by atoms with Gasteiger partial charge in [-0.25, -0.2) is 0 Å². The minimum atomic E-state index is 0.910. The van der Waals surface area contributed by atoms with Gasteiger partial charge in [0.1, 0.15) is 11.0 Å². The number of nitrogens with zero attached hydrogens (tertiary/aromatic N) is 2. The number of hydrogen-bond donors (Lipinski definition) is 1. The van der Waals surface area contributed by atoms with Crippen molar-refractivity contribution in [1.29, 1.82) is 0 Å². The molecular formula is C12H13N3. The zero-order valence-corrected chi connectivity index (χ0v) is 8.96. The number of aryl methyl sites for hydroxylation is 2. The van der Waals surface area contributed by atoms with Crippen molar-refractivity contribution in [3.8, 4) is 0 Å². The van der Waals surface area contributed by atoms with E-state index >= 15 is 0 Å². The van der Waals surface area contributed by atoms with Gasteiger partial charge < -0.3 is 0 Å². The average molecular weight is 199 g/mol. The molecular weight excluding hydrogens is 186 g/mol. The number of fused-ring (bicyclic) bond motifs is 1. The number of H-pyrrole nitrogens is 1. The number of aromatic amines is 1. The second-order valence-corrected chi connectivity index (χ2v) is 3.51. The van der Waals surface area contributed by atoms with Crippen molar-refractivity contribution in [2.45, 2.75) is 13.8 Å². The molecule has 0 bridgehead atoms. The summed E-state index contributed by atoms with van der Waals surface area (Å²) in [5.41, 5.74) is 6.18. The Morgan fingerprint density at radius 3 is 1.67 bits per heavy atom. The summed E-state index contributed by atoms with van der Waals surface area (Å²) < 4.78 is 0. The van der Waals surface area contributed by atoms with Crippen LogP contribution in [0.2, 0.25) is 0 Å². The van der Waals surface area contributed by atoms with E-state index in [9.17, 15) is 0 Å². The van der Waals surface area contributed by atoms with Crippen LogP contribution in [0, 0.1) is 13.8 Å². The molecule has 1 aromatic heterocycles. The van der Waals surface area contributed by atoms with Gasteiger partial charge in [-0.2, -0.15) is 15.4 Å². The van der Waals surface area contributed by atoms with Crippen molar-refractivity contribution in [2.75, 3.05) is 0 Å². The second-order valence-electron chi connectivity index (χ2n) is 3.51. The van der Waals surface area contributed by atoms with Gasteiger partial charge in [0.05, 0.1) is 0 Å². The summed E-state index contributed by atoms with van der Waals surface area (Å²) in [7, 11) is 0. The molecule has 0 radical (unpaired) electrons. The fourth-order valence-corrected chi connectivity index (χ4v) is 1.94. The molecule has 0 atom stereocenters. The molecule has 76 valence electrons. The van der Waals surface area contributed by atoms with Crippen LogP contribution in [-0.4, -0.2) is 15.4 Å². The van der Waals surface area contributed by atoms with Gasteiger partial charge in [0.25, 0.3) is 0 Å². The van der Waals surface area contributed by atoms with E-state index in [-0.39, 0.29) is 0 Å². The van der Waals surface area contributed by atoms with E-state index < -0.39 is 0 Å². The molecule has 0 spiro atoms. The van der Waals surface area contributed by atoms with Crippen LogP contribution in [-0.2, 0) is 0 Å². The molecule has 1 heterocycles. The van der Waals surface area contributed by atoms with Gasteiger partial charge >= 0.3 is 0 Å². The molecule has 0 aliphatic rings. The zero-order chi connectivity index (χ0) is 11.0. The third kappa shape index (κ3) is 1.20. The topological polar surface area (TPSA) is 41.6 Å². The van der Waals surface area contributed by atoms with Gasteiger partial charge in [-0.05, 0) is 36.1 Å². The summed E-state index contributed by atoms with van der Waals surface area (Å²) in [4.78, 5) is 0. The second kappa shape index (κ2) is 3.35. The first kappa shape index (κ1) is 9.65. The maximum Gasteiger partial charge on any atom is 0.116 e. The Morgan fingerprint density at radius 1 is 0.933 bits per heavy atom. The quantitative estimate of drug-likeness (QED) is 0.808. The molecule has 0 fully saturated rings. The lowest BCUT2D eigenvalue weighted by atomic mass is 9.95. The van der Waals surface area contributed by atoms with Crippen molar-refractivity contribution in [2.24, 2.45) is 0 Å². The average Bonchev–Trinajstić information content (AvgIpc) is 2.72. The van der Waals surface area contributed by atoms with Gasteiger partial charge in [-0.3, -0.25) is 0 Å². The van der Waals surface area contributed by atoms with Gasteiger partial charge in [-0.1, -0.05) is 25.3 Å². The summed E-state index contributed by atoms with van der Waals surface area (Å²) in [6, 6.07) is 0. The van der Waals surface area contributed by atoms with Crippen LogP contribution >= 0.6 is 0 Å². The predicted octanol–water partition coefficient (Wildman–Crippen LogP) is 2.86. The maximum absolute atomic E-state index is 4.14. The molecule has 15 heavy (non-hydrogen) atoms. The van der Waals surface area contributed by atoms with Crippen LogP contribution < -0.4 is 0 Å². The molecule has 2 rings (SSSR count). The largest absolute Gasteiger partial charge is 0.197 e. The minimum absolute atomic E-state index is 0.910. The first-order valence-electron chi connectivity index (χ1n) is 4.79. The molecule has 0 saturated carbocycles. The molecule has 0 unspecified atom stereocenters. The number of nitrogens with one attached hydrogen (secondary N) is 1. The molecule has 3 heteroatoms. The molecule has 0 saturated heterocycles. The van der Waals surface area contributed by atoms with Crippen molar-refractivity contribution in [1.82, 2.24) is 15.4 Å². The predicted molar refractivity (Wildman–Crippen MR) is 63.5 cm³/mol. The fraction of sp³-hybridized carbons (Fsp3) is 0.167. The van der Waals surface area contributed by atoms with Crippen molar-refractivity contribution in [3.63, 3.8) is 0 Å². The summed E-state index contributed by atoms with van der Waals surface area (Å²) in [6.45, 7) is 11.7. The Kier molecular flexibility index (Phi) is 2.15. The molecule has 3 nitrogen and oxygen atoms in total. The van der Waals surface area contributed by atoms with Crippen LogP contribution in [0.5, 0.6) is 0 Å². The van der Waals surface area contributed by atoms with E-state index in [0.717, 1.165) is 33.3 Å². The Morgan fingerprint density at radius 2 is 1.33 bits per heavy atom. The number of hydrogen-bond acceptors (Lipinski definition) is 2. The number of rotatable bonds is 2. The summed E-state index contributed by atoms with van der Waals surface area (Å²) >= 11 is 0. The van der Waals surface area contributed by atoms with Crippen molar-refractivity contribution >= 4 is 23.2 Å². The minimum Gasteiger partial charge on any atom is -0.197 e. The molecule has 2 aromatic rings. The standard InChI is InChI=1S/C12H13N3/c1-5-9-7(3)11-12(14-15-13-11)8(4)10(9)6-2/h5-6H,1-2H2,3-4H3,(H,13,14,15). The third-order valence-corrected chi connectivity index (χ3v) is 2.76. The highest BCUT2D eigenvalue weighted by molar-refractivity contribution is 5.89. The van der Waals surface area contributed by atoms with Gasteiger partial charge in [0.2, 0.25) is 0 Å². The van der Waals surface area contributed by atoms with Crippen LogP contribution in [0.3, 0.4) is 0 Å². The van der Waals surface area contributed by atoms with E-state index in [1.54, 1.807) is 0 Å². The van der Waals surface area contributed by atoms with E-state index in [0.29, 0.717) is 0 Å².